The molecular weight excluding hydrogens is 781 g/mol. The molecule has 0 heterocycles. The number of carbonyl (C=O) groups is 3. The summed E-state index contributed by atoms with van der Waals surface area (Å²) >= 11 is 0. The molecule has 63 heavy (non-hydrogen) atoms. The van der Waals surface area contributed by atoms with Crippen LogP contribution in [0.3, 0.4) is 0 Å². The van der Waals surface area contributed by atoms with Gasteiger partial charge in [-0.25, -0.2) is 0 Å². The summed E-state index contributed by atoms with van der Waals surface area (Å²) in [6.07, 6.45) is 63.5. The standard InChI is InChI=1S/C57H100O6/c1-4-7-10-13-16-19-22-25-27-28-29-30-31-33-35-38-41-44-47-50-56(59)62-53-54(52-61-55(58)49-46-43-40-37-34-24-21-18-15-12-9-6-3)63-57(60)51-48-45-42-39-36-32-26-23-20-17-14-11-8-5-2/h8,11,17-18,20-21,26,28-29,32,54H,4-7,9-10,12-16,19,22-25,27,30-31,33-53H2,1-3H3/b11-8-,20-17-,21-18-,29-28-,32-26-. The summed E-state index contributed by atoms with van der Waals surface area (Å²) in [7, 11) is 0. The molecule has 0 amide bonds. The molecule has 0 N–H and O–H groups in total. The highest BCUT2D eigenvalue weighted by molar-refractivity contribution is 5.71. The van der Waals surface area contributed by atoms with E-state index in [4.69, 9.17) is 14.2 Å². The van der Waals surface area contributed by atoms with Gasteiger partial charge < -0.3 is 14.2 Å². The normalized spacial score (nSPS) is 12.5. The van der Waals surface area contributed by atoms with E-state index >= 15 is 0 Å². The Kier molecular flexibility index (Phi) is 49.4. The molecule has 0 saturated carbocycles. The number of hydrogen-bond donors (Lipinski definition) is 0. The van der Waals surface area contributed by atoms with Crippen molar-refractivity contribution < 1.29 is 28.6 Å². The average molecular weight is 881 g/mol. The molecule has 0 radical (unpaired) electrons. The van der Waals surface area contributed by atoms with Crippen LogP contribution in [0.25, 0.3) is 0 Å². The van der Waals surface area contributed by atoms with Crippen molar-refractivity contribution in [2.75, 3.05) is 13.2 Å². The Labute approximate surface area is 390 Å². The third kappa shape index (κ3) is 50.0. The lowest BCUT2D eigenvalue weighted by molar-refractivity contribution is -0.167. The Balaban J connectivity index is 4.37. The Morgan fingerprint density at radius 2 is 0.619 bits per heavy atom. The van der Waals surface area contributed by atoms with Crippen LogP contribution in [0.4, 0.5) is 0 Å². The van der Waals surface area contributed by atoms with Crippen molar-refractivity contribution in [3.63, 3.8) is 0 Å². The summed E-state index contributed by atoms with van der Waals surface area (Å²) in [6, 6.07) is 0. The van der Waals surface area contributed by atoms with E-state index in [1.807, 2.05) is 0 Å². The lowest BCUT2D eigenvalue weighted by Gasteiger charge is -2.18. The average Bonchev–Trinajstić information content (AvgIpc) is 3.28. The van der Waals surface area contributed by atoms with Crippen molar-refractivity contribution in [1.82, 2.24) is 0 Å². The van der Waals surface area contributed by atoms with E-state index in [0.29, 0.717) is 19.3 Å². The van der Waals surface area contributed by atoms with Gasteiger partial charge in [0.2, 0.25) is 0 Å². The maximum atomic E-state index is 12.8. The van der Waals surface area contributed by atoms with E-state index in [0.717, 1.165) is 96.3 Å². The maximum absolute atomic E-state index is 12.8. The number of hydrogen-bond acceptors (Lipinski definition) is 6. The van der Waals surface area contributed by atoms with E-state index in [9.17, 15) is 14.4 Å². The second kappa shape index (κ2) is 51.7. The first-order chi connectivity index (χ1) is 31.0. The molecule has 0 aromatic carbocycles. The van der Waals surface area contributed by atoms with Gasteiger partial charge in [-0.05, 0) is 103 Å². The van der Waals surface area contributed by atoms with Crippen LogP contribution in [-0.4, -0.2) is 37.2 Å². The molecule has 0 saturated heterocycles. The topological polar surface area (TPSA) is 78.9 Å². The van der Waals surface area contributed by atoms with E-state index in [1.54, 1.807) is 0 Å². The smallest absolute Gasteiger partial charge is 0.306 e. The van der Waals surface area contributed by atoms with Gasteiger partial charge in [-0.3, -0.25) is 14.4 Å². The van der Waals surface area contributed by atoms with Gasteiger partial charge in [-0.1, -0.05) is 204 Å². The second-order valence-electron chi connectivity index (χ2n) is 17.7. The second-order valence-corrected chi connectivity index (χ2v) is 17.7. The van der Waals surface area contributed by atoms with Crippen LogP contribution < -0.4 is 0 Å². The molecule has 0 fully saturated rings. The molecule has 6 nitrogen and oxygen atoms in total. The van der Waals surface area contributed by atoms with Gasteiger partial charge in [0.15, 0.2) is 6.10 Å². The maximum Gasteiger partial charge on any atom is 0.306 e. The Morgan fingerprint density at radius 3 is 1.02 bits per heavy atom. The lowest BCUT2D eigenvalue weighted by Crippen LogP contribution is -2.30. The van der Waals surface area contributed by atoms with Crippen molar-refractivity contribution in [3.05, 3.63) is 60.8 Å². The molecule has 0 aliphatic carbocycles. The Bertz CT molecular complexity index is 1150. The quantitative estimate of drug-likeness (QED) is 0.0262. The van der Waals surface area contributed by atoms with E-state index in [2.05, 4.69) is 81.5 Å². The predicted octanol–water partition coefficient (Wildman–Crippen LogP) is 17.6. The van der Waals surface area contributed by atoms with E-state index in [1.165, 1.54) is 128 Å². The van der Waals surface area contributed by atoms with Crippen LogP contribution in [0, 0.1) is 0 Å². The number of unbranched alkanes of at least 4 members (excludes halogenated alkanes) is 27. The first-order valence-electron chi connectivity index (χ1n) is 26.8. The van der Waals surface area contributed by atoms with Crippen molar-refractivity contribution in [2.24, 2.45) is 0 Å². The van der Waals surface area contributed by atoms with Crippen LogP contribution in [0.1, 0.15) is 265 Å². The number of esters is 3. The third-order valence-corrected chi connectivity index (χ3v) is 11.5. The van der Waals surface area contributed by atoms with Crippen molar-refractivity contribution in [1.29, 1.82) is 0 Å². The molecular formula is C57H100O6. The van der Waals surface area contributed by atoms with Gasteiger partial charge in [-0.15, -0.1) is 0 Å². The Morgan fingerprint density at radius 1 is 0.333 bits per heavy atom. The fraction of sp³-hybridized carbons (Fsp3) is 0.772. The van der Waals surface area contributed by atoms with Crippen LogP contribution in [0.5, 0.6) is 0 Å². The zero-order chi connectivity index (χ0) is 45.8. The first-order valence-corrected chi connectivity index (χ1v) is 26.8. The fourth-order valence-electron chi connectivity index (χ4n) is 7.45. The van der Waals surface area contributed by atoms with Crippen molar-refractivity contribution in [2.45, 2.75) is 271 Å². The van der Waals surface area contributed by atoms with E-state index in [-0.39, 0.29) is 31.1 Å². The van der Waals surface area contributed by atoms with Crippen LogP contribution in [0.2, 0.25) is 0 Å². The highest BCUT2D eigenvalue weighted by atomic mass is 16.6. The van der Waals surface area contributed by atoms with Crippen LogP contribution in [0.15, 0.2) is 60.8 Å². The van der Waals surface area contributed by atoms with Gasteiger partial charge >= 0.3 is 17.9 Å². The minimum Gasteiger partial charge on any atom is -0.462 e. The minimum absolute atomic E-state index is 0.0879. The fourth-order valence-corrected chi connectivity index (χ4v) is 7.45. The van der Waals surface area contributed by atoms with Gasteiger partial charge in [0.1, 0.15) is 13.2 Å². The SMILES string of the molecule is CC/C=C\C/C=C\C/C=C\CCCCCCC(=O)OC(COC(=O)CCCCCCC/C=C\CCCCC)COC(=O)CCCCCCCCC/C=C\CCCCCCCCCC. The van der Waals surface area contributed by atoms with Crippen molar-refractivity contribution >= 4 is 17.9 Å². The van der Waals surface area contributed by atoms with Gasteiger partial charge in [0.05, 0.1) is 0 Å². The molecule has 364 valence electrons. The number of rotatable bonds is 48. The molecule has 0 aromatic heterocycles. The van der Waals surface area contributed by atoms with Gasteiger partial charge in [0, 0.05) is 19.3 Å². The zero-order valence-corrected chi connectivity index (χ0v) is 41.6. The van der Waals surface area contributed by atoms with Crippen molar-refractivity contribution in [3.8, 4) is 0 Å². The molecule has 0 aliphatic rings. The third-order valence-electron chi connectivity index (χ3n) is 11.5. The largest absolute Gasteiger partial charge is 0.462 e. The first kappa shape index (κ1) is 60.1. The summed E-state index contributed by atoms with van der Waals surface area (Å²) in [5.74, 6) is -0.919. The number of carbonyl (C=O) groups excluding carboxylic acids is 3. The highest BCUT2D eigenvalue weighted by Gasteiger charge is 2.19. The lowest BCUT2D eigenvalue weighted by atomic mass is 10.1. The van der Waals surface area contributed by atoms with Crippen LogP contribution >= 0.6 is 0 Å². The summed E-state index contributed by atoms with van der Waals surface area (Å²) in [6.45, 7) is 6.48. The van der Waals surface area contributed by atoms with Gasteiger partial charge in [-0.2, -0.15) is 0 Å². The summed E-state index contributed by atoms with van der Waals surface area (Å²) < 4.78 is 16.8. The predicted molar refractivity (Wildman–Crippen MR) is 270 cm³/mol. The molecule has 0 bridgehead atoms. The molecule has 1 atom stereocenters. The summed E-state index contributed by atoms with van der Waals surface area (Å²) in [5, 5.41) is 0. The number of allylic oxidation sites excluding steroid dienone is 10. The summed E-state index contributed by atoms with van der Waals surface area (Å²) in [4.78, 5) is 38.0. The molecule has 0 rings (SSSR count). The monoisotopic (exact) mass is 881 g/mol. The van der Waals surface area contributed by atoms with E-state index < -0.39 is 6.10 Å². The zero-order valence-electron chi connectivity index (χ0n) is 41.6. The van der Waals surface area contributed by atoms with Crippen LogP contribution in [-0.2, 0) is 28.6 Å². The summed E-state index contributed by atoms with van der Waals surface area (Å²) in [5.41, 5.74) is 0. The molecule has 0 spiro atoms. The molecule has 0 aliphatic heterocycles. The highest BCUT2D eigenvalue weighted by Crippen LogP contribution is 2.14. The number of ether oxygens (including phenoxy) is 3. The minimum atomic E-state index is -0.790. The Hall–Kier alpha value is -2.89. The molecule has 0 aromatic rings. The molecule has 6 heteroatoms. The van der Waals surface area contributed by atoms with Gasteiger partial charge in [0.25, 0.3) is 0 Å². The molecule has 1 unspecified atom stereocenters.